The van der Waals surface area contributed by atoms with E-state index < -0.39 is 0 Å². The normalized spacial score (nSPS) is 10.0. The molecule has 0 aliphatic carbocycles. The van der Waals surface area contributed by atoms with E-state index in [1.807, 2.05) is 44.0 Å². The van der Waals surface area contributed by atoms with Crippen molar-refractivity contribution in [1.29, 1.82) is 0 Å². The minimum absolute atomic E-state index is 0.161. The highest BCUT2D eigenvalue weighted by Gasteiger charge is 2.06. The van der Waals surface area contributed by atoms with E-state index >= 15 is 0 Å². The zero-order valence-corrected chi connectivity index (χ0v) is 10.4. The van der Waals surface area contributed by atoms with Gasteiger partial charge in [0.2, 0.25) is 0 Å². The van der Waals surface area contributed by atoms with Gasteiger partial charge in [-0.25, -0.2) is 0 Å². The van der Waals surface area contributed by atoms with Crippen LogP contribution in [0.25, 0.3) is 0 Å². The van der Waals surface area contributed by atoms with Crippen LogP contribution in [0.2, 0.25) is 0 Å². The maximum atomic E-state index is 11.0. The maximum absolute atomic E-state index is 11.0. The Labute approximate surface area is 97.0 Å². The van der Waals surface area contributed by atoms with E-state index in [9.17, 15) is 4.79 Å². The van der Waals surface area contributed by atoms with Crippen molar-refractivity contribution in [3.05, 3.63) is 23.8 Å². The summed E-state index contributed by atoms with van der Waals surface area (Å²) in [6, 6.07) is 5.96. The first-order valence-corrected chi connectivity index (χ1v) is 5.48. The number of anilines is 1. The fraction of sp³-hybridized carbons (Fsp3) is 0.462. The fourth-order valence-electron chi connectivity index (χ4n) is 1.61. The second kappa shape index (κ2) is 5.54. The number of benzene rings is 1. The van der Waals surface area contributed by atoms with Crippen molar-refractivity contribution in [2.45, 2.75) is 20.8 Å². The first-order valence-electron chi connectivity index (χ1n) is 5.48. The van der Waals surface area contributed by atoms with E-state index in [-0.39, 0.29) is 5.78 Å². The summed E-state index contributed by atoms with van der Waals surface area (Å²) < 4.78 is 5.47. The van der Waals surface area contributed by atoms with Crippen LogP contribution in [0, 0.1) is 6.92 Å². The summed E-state index contributed by atoms with van der Waals surface area (Å²) in [6.07, 6.45) is 0. The van der Waals surface area contributed by atoms with Crippen LogP contribution in [-0.2, 0) is 4.79 Å². The minimum atomic E-state index is 0.161. The second-order valence-electron chi connectivity index (χ2n) is 3.94. The number of ether oxygens (including phenoxy) is 1. The second-order valence-corrected chi connectivity index (χ2v) is 3.94. The monoisotopic (exact) mass is 221 g/mol. The molecule has 0 radical (unpaired) electrons. The molecule has 0 saturated heterocycles. The van der Waals surface area contributed by atoms with Gasteiger partial charge in [-0.2, -0.15) is 0 Å². The summed E-state index contributed by atoms with van der Waals surface area (Å²) in [5.74, 6) is 1.07. The van der Waals surface area contributed by atoms with Crippen LogP contribution >= 0.6 is 0 Å². The molecule has 3 heteroatoms. The predicted molar refractivity (Wildman–Crippen MR) is 66.3 cm³/mol. The Morgan fingerprint density at radius 1 is 1.44 bits per heavy atom. The molecule has 16 heavy (non-hydrogen) atoms. The third kappa shape index (κ3) is 3.26. The molecule has 1 rings (SSSR count). The number of nitrogens with zero attached hydrogens (tertiary/aromatic N) is 1. The van der Waals surface area contributed by atoms with Crippen LogP contribution in [0.4, 0.5) is 5.69 Å². The molecule has 1 aromatic rings. The number of hydrogen-bond donors (Lipinski definition) is 0. The largest absolute Gasteiger partial charge is 0.494 e. The maximum Gasteiger partial charge on any atom is 0.149 e. The number of carbonyl (C=O) groups is 1. The molecule has 0 spiro atoms. The van der Waals surface area contributed by atoms with Crippen LogP contribution in [-0.4, -0.2) is 26.0 Å². The molecule has 88 valence electrons. The molecule has 0 atom stereocenters. The molecule has 0 amide bonds. The summed E-state index contributed by atoms with van der Waals surface area (Å²) >= 11 is 0. The van der Waals surface area contributed by atoms with Crippen molar-refractivity contribution in [2.24, 2.45) is 0 Å². The third-order valence-corrected chi connectivity index (χ3v) is 2.36. The lowest BCUT2D eigenvalue weighted by atomic mass is 10.2. The first-order chi connectivity index (χ1) is 7.54. The summed E-state index contributed by atoms with van der Waals surface area (Å²) in [5.41, 5.74) is 2.13. The van der Waals surface area contributed by atoms with Gasteiger partial charge in [-0.05, 0) is 44.5 Å². The Bertz CT molecular complexity index is 374. The Kier molecular flexibility index (Phi) is 4.35. The van der Waals surface area contributed by atoms with Crippen molar-refractivity contribution in [1.82, 2.24) is 0 Å². The first kappa shape index (κ1) is 12.6. The molecule has 1 aromatic carbocycles. The highest BCUT2D eigenvalue weighted by molar-refractivity contribution is 5.80. The Balaban J connectivity index is 2.83. The van der Waals surface area contributed by atoms with Gasteiger partial charge in [0.25, 0.3) is 0 Å². The van der Waals surface area contributed by atoms with Crippen molar-refractivity contribution >= 4 is 11.5 Å². The van der Waals surface area contributed by atoms with Crippen molar-refractivity contribution in [3.8, 4) is 5.75 Å². The highest BCUT2D eigenvalue weighted by atomic mass is 16.5. The molecule has 0 aliphatic rings. The highest BCUT2D eigenvalue weighted by Crippen LogP contribution is 2.23. The van der Waals surface area contributed by atoms with E-state index in [2.05, 4.69) is 0 Å². The molecular weight excluding hydrogens is 202 g/mol. The van der Waals surface area contributed by atoms with Crippen molar-refractivity contribution in [3.63, 3.8) is 0 Å². The zero-order chi connectivity index (χ0) is 12.1. The average molecular weight is 221 g/mol. The van der Waals surface area contributed by atoms with Gasteiger partial charge >= 0.3 is 0 Å². The van der Waals surface area contributed by atoms with Crippen LogP contribution in [0.1, 0.15) is 19.4 Å². The van der Waals surface area contributed by atoms with E-state index in [0.29, 0.717) is 13.2 Å². The summed E-state index contributed by atoms with van der Waals surface area (Å²) in [6.45, 7) is 6.68. The molecule has 0 bridgehead atoms. The molecule has 0 aromatic heterocycles. The van der Waals surface area contributed by atoms with E-state index in [4.69, 9.17) is 4.74 Å². The number of rotatable bonds is 5. The SMILES string of the molecule is CCOc1ccc(N(C)CC(C)=O)cc1C. The lowest BCUT2D eigenvalue weighted by molar-refractivity contribution is -0.115. The molecule has 0 N–H and O–H groups in total. The molecule has 0 unspecified atom stereocenters. The van der Waals surface area contributed by atoms with Gasteiger partial charge in [0.1, 0.15) is 11.5 Å². The van der Waals surface area contributed by atoms with Crippen LogP contribution in [0.15, 0.2) is 18.2 Å². The minimum Gasteiger partial charge on any atom is -0.494 e. The summed E-state index contributed by atoms with van der Waals surface area (Å²) in [4.78, 5) is 13.0. The van der Waals surface area contributed by atoms with Gasteiger partial charge in [0.15, 0.2) is 0 Å². The van der Waals surface area contributed by atoms with Gasteiger partial charge in [0.05, 0.1) is 13.2 Å². The van der Waals surface area contributed by atoms with Gasteiger partial charge in [-0.3, -0.25) is 4.79 Å². The van der Waals surface area contributed by atoms with E-state index in [0.717, 1.165) is 17.0 Å². The number of likely N-dealkylation sites (N-methyl/N-ethyl adjacent to an activating group) is 1. The lowest BCUT2D eigenvalue weighted by Crippen LogP contribution is -2.23. The molecular formula is C13H19NO2. The van der Waals surface area contributed by atoms with E-state index in [1.165, 1.54) is 0 Å². The predicted octanol–water partition coefficient (Wildman–Crippen LogP) is 2.42. The number of ketones is 1. The van der Waals surface area contributed by atoms with Crippen LogP contribution < -0.4 is 9.64 Å². The molecule has 0 fully saturated rings. The average Bonchev–Trinajstić information content (AvgIpc) is 2.20. The molecule has 0 saturated carbocycles. The quantitative estimate of drug-likeness (QED) is 0.764. The van der Waals surface area contributed by atoms with Crippen molar-refractivity contribution in [2.75, 3.05) is 25.1 Å². The molecule has 0 heterocycles. The van der Waals surface area contributed by atoms with E-state index in [1.54, 1.807) is 6.92 Å². The van der Waals surface area contributed by atoms with Gasteiger partial charge < -0.3 is 9.64 Å². The Hall–Kier alpha value is -1.51. The van der Waals surface area contributed by atoms with Crippen LogP contribution in [0.3, 0.4) is 0 Å². The Morgan fingerprint density at radius 3 is 2.62 bits per heavy atom. The van der Waals surface area contributed by atoms with Gasteiger partial charge in [-0.15, -0.1) is 0 Å². The number of carbonyl (C=O) groups excluding carboxylic acids is 1. The topological polar surface area (TPSA) is 29.5 Å². The standard InChI is InChI=1S/C13H19NO2/c1-5-16-13-7-6-12(8-10(13)2)14(4)9-11(3)15/h6-8H,5,9H2,1-4H3. The molecule has 0 aliphatic heterocycles. The zero-order valence-electron chi connectivity index (χ0n) is 10.4. The fourth-order valence-corrected chi connectivity index (χ4v) is 1.61. The Morgan fingerprint density at radius 2 is 2.12 bits per heavy atom. The van der Waals surface area contributed by atoms with Gasteiger partial charge in [0, 0.05) is 12.7 Å². The van der Waals surface area contributed by atoms with Crippen LogP contribution in [0.5, 0.6) is 5.75 Å². The number of hydrogen-bond acceptors (Lipinski definition) is 3. The number of Topliss-reactive ketones (excluding diaryl/α,β-unsaturated/α-hetero) is 1. The number of aryl methyl sites for hydroxylation is 1. The smallest absolute Gasteiger partial charge is 0.149 e. The third-order valence-electron chi connectivity index (χ3n) is 2.36. The molecule has 3 nitrogen and oxygen atoms in total. The summed E-state index contributed by atoms with van der Waals surface area (Å²) in [5, 5.41) is 0. The van der Waals surface area contributed by atoms with Crippen molar-refractivity contribution < 1.29 is 9.53 Å². The summed E-state index contributed by atoms with van der Waals surface area (Å²) in [7, 11) is 1.91. The lowest BCUT2D eigenvalue weighted by Gasteiger charge is -2.19. The van der Waals surface area contributed by atoms with Gasteiger partial charge in [-0.1, -0.05) is 0 Å².